The fourth-order valence-electron chi connectivity index (χ4n) is 3.57. The van der Waals surface area contributed by atoms with Gasteiger partial charge in [-0.25, -0.2) is 4.79 Å². The summed E-state index contributed by atoms with van der Waals surface area (Å²) in [5.41, 5.74) is 2.28. The van der Waals surface area contributed by atoms with Crippen LogP contribution in [0.3, 0.4) is 0 Å². The van der Waals surface area contributed by atoms with Gasteiger partial charge in [-0.15, -0.1) is 0 Å². The van der Waals surface area contributed by atoms with Crippen LogP contribution >= 0.6 is 0 Å². The number of nitrogens with zero attached hydrogens (tertiary/aromatic N) is 5. The molecule has 0 aliphatic heterocycles. The molecule has 0 saturated carbocycles. The van der Waals surface area contributed by atoms with Gasteiger partial charge < -0.3 is 4.90 Å². The van der Waals surface area contributed by atoms with Crippen molar-refractivity contribution in [1.82, 2.24) is 18.7 Å². The van der Waals surface area contributed by atoms with E-state index in [0.717, 1.165) is 15.7 Å². The van der Waals surface area contributed by atoms with Crippen molar-refractivity contribution in [2.45, 2.75) is 13.1 Å². The number of aromatic nitrogens is 4. The zero-order valence-electron chi connectivity index (χ0n) is 16.7. The highest BCUT2D eigenvalue weighted by atomic mass is 16.2. The first kappa shape index (κ1) is 18.7. The van der Waals surface area contributed by atoms with Gasteiger partial charge in [-0.3, -0.25) is 18.5 Å². The quantitative estimate of drug-likeness (QED) is 0.524. The molecule has 0 unspecified atom stereocenters. The summed E-state index contributed by atoms with van der Waals surface area (Å²) in [7, 11) is 5.08. The smallest absolute Gasteiger partial charge is 0.332 e. The van der Waals surface area contributed by atoms with Crippen LogP contribution in [0, 0.1) is 0 Å². The number of aryl methyl sites for hydroxylation is 1. The lowest BCUT2D eigenvalue weighted by Crippen LogP contribution is -2.37. The standard InChI is InChI=1S/C22H23N5O2/c1-24(14-16-10-6-4-7-11-16)21-23-19-18(20(28)26(3)22(29)25(19)2)27(21)15-17-12-8-5-9-13-17/h4-13H,14-15H2,1-3H3. The Kier molecular flexibility index (Phi) is 4.80. The van der Waals surface area contributed by atoms with E-state index < -0.39 is 0 Å². The minimum Gasteiger partial charge on any atom is -0.341 e. The van der Waals surface area contributed by atoms with Crippen molar-refractivity contribution in [2.24, 2.45) is 14.1 Å². The largest absolute Gasteiger partial charge is 0.341 e. The molecule has 0 saturated heterocycles. The highest BCUT2D eigenvalue weighted by Gasteiger charge is 2.21. The van der Waals surface area contributed by atoms with E-state index in [1.54, 1.807) is 7.05 Å². The third kappa shape index (κ3) is 3.35. The molecule has 148 valence electrons. The molecule has 0 spiro atoms. The van der Waals surface area contributed by atoms with Gasteiger partial charge in [0.25, 0.3) is 5.56 Å². The number of hydrogen-bond donors (Lipinski definition) is 0. The van der Waals surface area contributed by atoms with Gasteiger partial charge in [0.05, 0.1) is 6.54 Å². The van der Waals surface area contributed by atoms with E-state index in [9.17, 15) is 9.59 Å². The second kappa shape index (κ2) is 7.43. The van der Waals surface area contributed by atoms with Crippen LogP contribution in [0.4, 0.5) is 5.95 Å². The average molecular weight is 389 g/mol. The lowest BCUT2D eigenvalue weighted by atomic mass is 10.2. The Labute approximate surface area is 168 Å². The summed E-state index contributed by atoms with van der Waals surface area (Å²) < 4.78 is 4.46. The fourth-order valence-corrected chi connectivity index (χ4v) is 3.57. The van der Waals surface area contributed by atoms with E-state index in [-0.39, 0.29) is 11.2 Å². The first-order chi connectivity index (χ1) is 14.0. The van der Waals surface area contributed by atoms with E-state index in [0.29, 0.717) is 30.2 Å². The molecule has 0 aliphatic carbocycles. The zero-order chi connectivity index (χ0) is 20.5. The van der Waals surface area contributed by atoms with Gasteiger partial charge in [0.2, 0.25) is 5.95 Å². The number of hydrogen-bond acceptors (Lipinski definition) is 4. The van der Waals surface area contributed by atoms with Crippen molar-refractivity contribution < 1.29 is 0 Å². The Bertz CT molecular complexity index is 1270. The Morgan fingerprint density at radius 1 is 0.862 bits per heavy atom. The van der Waals surface area contributed by atoms with Crippen molar-refractivity contribution >= 4 is 17.1 Å². The molecule has 0 aliphatic rings. The number of fused-ring (bicyclic) bond motifs is 1. The van der Waals surface area contributed by atoms with Crippen LogP contribution in [-0.2, 0) is 27.2 Å². The number of imidazole rings is 1. The maximum atomic E-state index is 13.0. The third-order valence-electron chi connectivity index (χ3n) is 5.12. The van der Waals surface area contributed by atoms with E-state index in [2.05, 4.69) is 12.1 Å². The van der Waals surface area contributed by atoms with E-state index >= 15 is 0 Å². The van der Waals surface area contributed by atoms with Crippen LogP contribution in [0.1, 0.15) is 11.1 Å². The number of anilines is 1. The SMILES string of the molecule is CN(Cc1ccccc1)c1nc2c(c(=O)n(C)c(=O)n2C)n1Cc1ccccc1. The minimum absolute atomic E-state index is 0.342. The van der Waals surface area contributed by atoms with Crippen LogP contribution in [0.15, 0.2) is 70.3 Å². The van der Waals surface area contributed by atoms with E-state index in [4.69, 9.17) is 4.98 Å². The second-order valence-corrected chi connectivity index (χ2v) is 7.20. The summed E-state index contributed by atoms with van der Waals surface area (Å²) in [5.74, 6) is 0.644. The summed E-state index contributed by atoms with van der Waals surface area (Å²) in [5, 5.41) is 0. The van der Waals surface area contributed by atoms with E-state index in [1.807, 2.05) is 65.0 Å². The second-order valence-electron chi connectivity index (χ2n) is 7.20. The molecule has 29 heavy (non-hydrogen) atoms. The fraction of sp³-hybridized carbons (Fsp3) is 0.227. The summed E-state index contributed by atoms with van der Waals surface area (Å²) >= 11 is 0. The summed E-state index contributed by atoms with van der Waals surface area (Å²) in [6.07, 6.45) is 0. The molecule has 4 rings (SSSR count). The maximum Gasteiger partial charge on any atom is 0.332 e. The molecule has 0 radical (unpaired) electrons. The molecule has 0 N–H and O–H groups in total. The normalized spacial score (nSPS) is 11.1. The molecule has 0 amide bonds. The lowest BCUT2D eigenvalue weighted by molar-refractivity contribution is 0.701. The van der Waals surface area contributed by atoms with Gasteiger partial charge >= 0.3 is 5.69 Å². The molecule has 2 heterocycles. The Hall–Kier alpha value is -3.61. The van der Waals surface area contributed by atoms with Crippen molar-refractivity contribution in [3.8, 4) is 0 Å². The Morgan fingerprint density at radius 2 is 1.45 bits per heavy atom. The van der Waals surface area contributed by atoms with Crippen molar-refractivity contribution in [1.29, 1.82) is 0 Å². The van der Waals surface area contributed by atoms with Crippen LogP contribution in [-0.4, -0.2) is 25.7 Å². The van der Waals surface area contributed by atoms with Crippen LogP contribution in [0.25, 0.3) is 11.2 Å². The highest BCUT2D eigenvalue weighted by Crippen LogP contribution is 2.22. The van der Waals surface area contributed by atoms with Crippen molar-refractivity contribution in [2.75, 3.05) is 11.9 Å². The minimum atomic E-state index is -0.385. The Morgan fingerprint density at radius 3 is 2.07 bits per heavy atom. The maximum absolute atomic E-state index is 13.0. The van der Waals surface area contributed by atoms with Gasteiger partial charge in [-0.2, -0.15) is 4.98 Å². The van der Waals surface area contributed by atoms with Crippen LogP contribution in [0.5, 0.6) is 0 Å². The molecule has 0 atom stereocenters. The third-order valence-corrected chi connectivity index (χ3v) is 5.12. The molecule has 2 aromatic carbocycles. The van der Waals surface area contributed by atoms with Gasteiger partial charge in [-0.05, 0) is 11.1 Å². The first-order valence-corrected chi connectivity index (χ1v) is 9.42. The molecular weight excluding hydrogens is 366 g/mol. The Balaban J connectivity index is 1.91. The number of rotatable bonds is 5. The van der Waals surface area contributed by atoms with Crippen LogP contribution in [0.2, 0.25) is 0 Å². The molecule has 4 aromatic rings. The summed E-state index contributed by atoms with van der Waals surface area (Å²) in [6.45, 7) is 1.12. The van der Waals surface area contributed by atoms with Gasteiger partial charge in [-0.1, -0.05) is 60.7 Å². The summed E-state index contributed by atoms with van der Waals surface area (Å²) in [6, 6.07) is 20.0. The van der Waals surface area contributed by atoms with E-state index in [1.165, 1.54) is 11.6 Å². The highest BCUT2D eigenvalue weighted by molar-refractivity contribution is 5.74. The molecular formula is C22H23N5O2. The molecule has 7 heteroatoms. The zero-order valence-corrected chi connectivity index (χ0v) is 16.7. The first-order valence-electron chi connectivity index (χ1n) is 9.42. The topological polar surface area (TPSA) is 65.1 Å². The monoisotopic (exact) mass is 389 g/mol. The van der Waals surface area contributed by atoms with Gasteiger partial charge in [0, 0.05) is 27.7 Å². The van der Waals surface area contributed by atoms with Crippen molar-refractivity contribution in [3.05, 3.63) is 92.6 Å². The molecule has 2 aromatic heterocycles. The number of benzene rings is 2. The average Bonchev–Trinajstić information content (AvgIpc) is 3.11. The van der Waals surface area contributed by atoms with Crippen LogP contribution < -0.4 is 16.1 Å². The predicted molar refractivity (Wildman–Crippen MR) is 114 cm³/mol. The summed E-state index contributed by atoms with van der Waals surface area (Å²) in [4.78, 5) is 32.1. The molecule has 0 bridgehead atoms. The molecule has 0 fully saturated rings. The van der Waals surface area contributed by atoms with Crippen molar-refractivity contribution in [3.63, 3.8) is 0 Å². The van der Waals surface area contributed by atoms with Gasteiger partial charge in [0.1, 0.15) is 0 Å². The molecule has 7 nitrogen and oxygen atoms in total. The van der Waals surface area contributed by atoms with Gasteiger partial charge in [0.15, 0.2) is 11.2 Å². The predicted octanol–water partition coefficient (Wildman–Crippen LogP) is 2.12. The lowest BCUT2D eigenvalue weighted by Gasteiger charge is -2.20.